The highest BCUT2D eigenvalue weighted by Crippen LogP contribution is 2.41. The third-order valence-corrected chi connectivity index (χ3v) is 9.90. The Hall–Kier alpha value is -2.02. The molecule has 3 aromatic rings. The van der Waals surface area contributed by atoms with Gasteiger partial charge in [0.15, 0.2) is 14.1 Å². The van der Waals surface area contributed by atoms with Crippen molar-refractivity contribution in [3.8, 4) is 5.82 Å². The summed E-state index contributed by atoms with van der Waals surface area (Å²) in [6, 6.07) is 9.76. The lowest BCUT2D eigenvalue weighted by atomic mass is 10.0. The molecule has 3 rings (SSSR count). The predicted molar refractivity (Wildman–Crippen MR) is 115 cm³/mol. The largest absolute Gasteiger partial charge is 0.406 e. The molecule has 0 spiro atoms. The van der Waals surface area contributed by atoms with Gasteiger partial charge in [0.1, 0.15) is 5.15 Å². The Morgan fingerprint density at radius 3 is 2.46 bits per heavy atom. The number of rotatable bonds is 5. The van der Waals surface area contributed by atoms with E-state index in [0.717, 1.165) is 16.8 Å². The third kappa shape index (κ3) is 4.51. The maximum atomic E-state index is 6.81. The molecule has 5 nitrogen and oxygen atoms in total. The SMILES string of the molecule is Cc1ccn(-c2cc(C(O[Si](C)(C)C(C)(C)C)c3cccnc3)cc(Cl)n2)n1. The van der Waals surface area contributed by atoms with Crippen molar-refractivity contribution in [1.82, 2.24) is 19.7 Å². The second-order valence-electron chi connectivity index (χ2n) is 8.53. The van der Waals surface area contributed by atoms with Gasteiger partial charge in [-0.3, -0.25) is 4.98 Å². The molecule has 7 heteroatoms. The molecule has 0 fully saturated rings. The van der Waals surface area contributed by atoms with Gasteiger partial charge in [0.2, 0.25) is 0 Å². The number of aromatic nitrogens is 4. The van der Waals surface area contributed by atoms with E-state index >= 15 is 0 Å². The Labute approximate surface area is 172 Å². The molecule has 0 bridgehead atoms. The third-order valence-electron chi connectivity index (χ3n) is 5.27. The van der Waals surface area contributed by atoms with Crippen LogP contribution in [0.15, 0.2) is 48.9 Å². The van der Waals surface area contributed by atoms with Crippen LogP contribution in [0.5, 0.6) is 0 Å². The van der Waals surface area contributed by atoms with E-state index in [9.17, 15) is 0 Å². The Morgan fingerprint density at radius 2 is 1.89 bits per heavy atom. The van der Waals surface area contributed by atoms with Crippen molar-refractivity contribution in [3.05, 3.63) is 70.9 Å². The van der Waals surface area contributed by atoms with Gasteiger partial charge in [-0.15, -0.1) is 0 Å². The van der Waals surface area contributed by atoms with E-state index in [0.29, 0.717) is 11.0 Å². The van der Waals surface area contributed by atoms with E-state index in [1.807, 2.05) is 49.6 Å². The van der Waals surface area contributed by atoms with Crippen LogP contribution in [0.4, 0.5) is 0 Å². The van der Waals surface area contributed by atoms with Crippen molar-refractivity contribution in [2.24, 2.45) is 0 Å². The van der Waals surface area contributed by atoms with Crippen LogP contribution in [0.25, 0.3) is 5.82 Å². The Morgan fingerprint density at radius 1 is 1.14 bits per heavy atom. The lowest BCUT2D eigenvalue weighted by Gasteiger charge is -2.39. The Balaban J connectivity index is 2.09. The molecule has 3 heterocycles. The average molecular weight is 415 g/mol. The monoisotopic (exact) mass is 414 g/mol. The average Bonchev–Trinajstić information content (AvgIpc) is 3.05. The highest BCUT2D eigenvalue weighted by atomic mass is 35.5. The molecule has 148 valence electrons. The van der Waals surface area contributed by atoms with Gasteiger partial charge in [-0.2, -0.15) is 5.10 Å². The van der Waals surface area contributed by atoms with Crippen LogP contribution in [-0.2, 0) is 4.43 Å². The first-order chi connectivity index (χ1) is 13.1. The molecule has 0 aliphatic carbocycles. The van der Waals surface area contributed by atoms with Crippen molar-refractivity contribution in [3.63, 3.8) is 0 Å². The summed E-state index contributed by atoms with van der Waals surface area (Å²) in [4.78, 5) is 8.74. The van der Waals surface area contributed by atoms with Crippen LogP contribution in [0.2, 0.25) is 23.3 Å². The quantitative estimate of drug-likeness (QED) is 0.394. The number of pyridine rings is 2. The summed E-state index contributed by atoms with van der Waals surface area (Å²) < 4.78 is 8.54. The van der Waals surface area contributed by atoms with Crippen molar-refractivity contribution in [1.29, 1.82) is 0 Å². The van der Waals surface area contributed by atoms with Crippen molar-refractivity contribution >= 4 is 19.9 Å². The molecule has 1 atom stereocenters. The minimum absolute atomic E-state index is 0.0756. The minimum atomic E-state index is -2.06. The zero-order chi connectivity index (χ0) is 20.5. The number of hydrogen-bond donors (Lipinski definition) is 0. The van der Waals surface area contributed by atoms with Crippen molar-refractivity contribution in [2.45, 2.75) is 51.9 Å². The van der Waals surface area contributed by atoms with Crippen LogP contribution in [0.3, 0.4) is 0 Å². The van der Waals surface area contributed by atoms with Gasteiger partial charge in [0, 0.05) is 24.2 Å². The Bertz CT molecular complexity index is 951. The van der Waals surface area contributed by atoms with E-state index in [1.54, 1.807) is 10.9 Å². The second kappa shape index (κ2) is 7.77. The maximum Gasteiger partial charge on any atom is 0.193 e. The molecule has 0 saturated carbocycles. The zero-order valence-electron chi connectivity index (χ0n) is 17.3. The van der Waals surface area contributed by atoms with E-state index in [1.165, 1.54) is 0 Å². The maximum absolute atomic E-state index is 6.81. The fraction of sp³-hybridized carbons (Fsp3) is 0.381. The van der Waals surface area contributed by atoms with Gasteiger partial charge in [0.25, 0.3) is 0 Å². The molecule has 0 amide bonds. The fourth-order valence-electron chi connectivity index (χ4n) is 2.64. The first-order valence-corrected chi connectivity index (χ1v) is 12.6. The summed E-state index contributed by atoms with van der Waals surface area (Å²) >= 11 is 6.39. The van der Waals surface area contributed by atoms with Gasteiger partial charge < -0.3 is 4.43 Å². The first kappa shape index (κ1) is 20.7. The van der Waals surface area contributed by atoms with E-state index in [-0.39, 0.29) is 11.1 Å². The zero-order valence-corrected chi connectivity index (χ0v) is 19.0. The summed E-state index contributed by atoms with van der Waals surface area (Å²) in [6.07, 6.45) is 5.23. The summed E-state index contributed by atoms with van der Waals surface area (Å²) in [6.45, 7) is 13.1. The van der Waals surface area contributed by atoms with Crippen molar-refractivity contribution in [2.75, 3.05) is 0 Å². The van der Waals surface area contributed by atoms with Crippen LogP contribution in [-0.4, -0.2) is 28.1 Å². The minimum Gasteiger partial charge on any atom is -0.406 e. The van der Waals surface area contributed by atoms with Crippen LogP contribution in [0.1, 0.15) is 43.7 Å². The summed E-state index contributed by atoms with van der Waals surface area (Å²) in [5.74, 6) is 0.670. The van der Waals surface area contributed by atoms with E-state index < -0.39 is 8.32 Å². The van der Waals surface area contributed by atoms with Crippen molar-refractivity contribution < 1.29 is 4.43 Å². The van der Waals surface area contributed by atoms with Crippen LogP contribution >= 0.6 is 11.6 Å². The van der Waals surface area contributed by atoms with Gasteiger partial charge in [0.05, 0.1) is 11.8 Å². The highest BCUT2D eigenvalue weighted by Gasteiger charge is 2.40. The molecule has 28 heavy (non-hydrogen) atoms. The van der Waals surface area contributed by atoms with Gasteiger partial charge in [-0.25, -0.2) is 9.67 Å². The molecule has 0 aliphatic heterocycles. The summed E-state index contributed by atoms with van der Waals surface area (Å²) in [5.41, 5.74) is 2.86. The molecule has 0 saturated heterocycles. The first-order valence-electron chi connectivity index (χ1n) is 9.35. The topological polar surface area (TPSA) is 52.8 Å². The number of nitrogens with zero attached hydrogens (tertiary/aromatic N) is 4. The molecule has 0 aliphatic rings. The molecular weight excluding hydrogens is 388 g/mol. The lowest BCUT2D eigenvalue weighted by Crippen LogP contribution is -2.42. The lowest BCUT2D eigenvalue weighted by molar-refractivity contribution is 0.221. The molecule has 0 N–H and O–H groups in total. The fourth-order valence-corrected chi connectivity index (χ4v) is 4.07. The smallest absolute Gasteiger partial charge is 0.193 e. The Kier molecular flexibility index (Phi) is 5.75. The molecule has 3 aromatic heterocycles. The molecular formula is C21H27ClN4OSi. The normalized spacial score (nSPS) is 13.5. The second-order valence-corrected chi connectivity index (χ2v) is 13.7. The predicted octanol–water partition coefficient (Wildman–Crippen LogP) is 5.74. The number of aryl methyl sites for hydroxylation is 1. The van der Waals surface area contributed by atoms with Crippen LogP contribution < -0.4 is 0 Å². The highest BCUT2D eigenvalue weighted by molar-refractivity contribution is 6.74. The van der Waals surface area contributed by atoms with Gasteiger partial charge >= 0.3 is 0 Å². The summed E-state index contributed by atoms with van der Waals surface area (Å²) in [7, 11) is -2.06. The van der Waals surface area contributed by atoms with Gasteiger partial charge in [-0.1, -0.05) is 38.4 Å². The summed E-state index contributed by atoms with van der Waals surface area (Å²) in [5, 5.41) is 4.95. The molecule has 0 radical (unpaired) electrons. The molecule has 1 unspecified atom stereocenters. The number of hydrogen-bond acceptors (Lipinski definition) is 4. The van der Waals surface area contributed by atoms with E-state index in [2.05, 4.69) is 48.9 Å². The molecule has 0 aromatic carbocycles. The van der Waals surface area contributed by atoms with E-state index in [4.69, 9.17) is 16.0 Å². The standard InChI is InChI=1S/C21H27ClN4OSi/c1-15-9-11-26(25-15)19-13-17(12-18(22)24-19)20(16-8-7-10-23-14-16)27-28(5,6)21(2,3)4/h7-14,20H,1-6H3. The number of halogens is 1. The van der Waals surface area contributed by atoms with Crippen LogP contribution in [0, 0.1) is 6.92 Å². The van der Waals surface area contributed by atoms with Gasteiger partial charge in [-0.05, 0) is 54.9 Å².